The molecule has 5 rings (SSSR count). The van der Waals surface area contributed by atoms with Gasteiger partial charge in [0, 0.05) is 23.1 Å². The maximum Gasteiger partial charge on any atom is 0.416 e. The van der Waals surface area contributed by atoms with Crippen molar-refractivity contribution in [1.29, 1.82) is 0 Å². The molecule has 1 aliphatic heterocycles. The Morgan fingerprint density at radius 1 is 0.969 bits per heavy atom. The average Bonchev–Trinajstić information content (AvgIpc) is 3.20. The topological polar surface area (TPSA) is 54.6 Å². The number of para-hydroxylation sites is 1. The molecule has 1 atom stereocenters. The molecule has 2 heterocycles. The van der Waals surface area contributed by atoms with Gasteiger partial charge in [0.05, 0.1) is 7.11 Å². The molecule has 0 radical (unpaired) electrons. The van der Waals surface area contributed by atoms with E-state index >= 15 is 0 Å². The third-order valence-corrected chi connectivity index (χ3v) is 6.26. The Bertz CT molecular complexity index is 1270. The number of H-pyrrole nitrogens is 1. The normalized spacial score (nSPS) is 15.5. The molecule has 4 aromatic rings. The fourth-order valence-corrected chi connectivity index (χ4v) is 4.56. The molecule has 1 aromatic heterocycles. The first-order chi connectivity index (χ1) is 15.5. The molecule has 0 saturated carbocycles. The van der Waals surface area contributed by atoms with Crippen molar-refractivity contribution < 1.29 is 14.3 Å². The van der Waals surface area contributed by atoms with Gasteiger partial charge in [-0.05, 0) is 61.2 Å². The van der Waals surface area contributed by atoms with Gasteiger partial charge in [-0.3, -0.25) is 4.90 Å². The predicted octanol–water partition coefficient (Wildman–Crippen LogP) is 5.94. The highest BCUT2D eigenvalue weighted by Crippen LogP contribution is 2.39. The second kappa shape index (κ2) is 8.08. The van der Waals surface area contributed by atoms with Crippen LogP contribution in [0.2, 0.25) is 0 Å². The number of aromatic amines is 1. The third-order valence-electron chi connectivity index (χ3n) is 6.26. The summed E-state index contributed by atoms with van der Waals surface area (Å²) in [6, 6.07) is 21.5. The summed E-state index contributed by atoms with van der Waals surface area (Å²) in [7, 11) is 1.65. The lowest BCUT2D eigenvalue weighted by Crippen LogP contribution is -2.42. The van der Waals surface area contributed by atoms with E-state index < -0.39 is 0 Å². The standard InChI is InChI=1S/C27H26N2O3/c1-17-7-11-21(12-8-17)32-27(30)29-16-15-23-22-6-4-5-18(2)24(22)28-25(23)26(29)19-9-13-20(31-3)14-10-19/h4-14,26,28H,15-16H2,1-3H3. The lowest BCUT2D eigenvalue weighted by atomic mass is 9.92. The van der Waals surface area contributed by atoms with Crippen LogP contribution < -0.4 is 9.47 Å². The maximum atomic E-state index is 13.3. The van der Waals surface area contributed by atoms with Gasteiger partial charge in [-0.15, -0.1) is 0 Å². The van der Waals surface area contributed by atoms with E-state index in [-0.39, 0.29) is 12.1 Å². The Morgan fingerprint density at radius 3 is 2.41 bits per heavy atom. The first-order valence-corrected chi connectivity index (χ1v) is 10.8. The summed E-state index contributed by atoms with van der Waals surface area (Å²) in [4.78, 5) is 18.8. The Labute approximate surface area is 187 Å². The van der Waals surface area contributed by atoms with Crippen LogP contribution in [0.4, 0.5) is 4.79 Å². The minimum absolute atomic E-state index is 0.269. The molecule has 1 unspecified atom stereocenters. The third kappa shape index (κ3) is 3.50. The number of hydrogen-bond acceptors (Lipinski definition) is 3. The Balaban J connectivity index is 1.58. The monoisotopic (exact) mass is 426 g/mol. The molecule has 0 aliphatic carbocycles. The van der Waals surface area contributed by atoms with E-state index in [0.29, 0.717) is 12.3 Å². The van der Waals surface area contributed by atoms with Crippen LogP contribution in [0.3, 0.4) is 0 Å². The molecule has 0 spiro atoms. The first-order valence-electron chi connectivity index (χ1n) is 10.8. The van der Waals surface area contributed by atoms with Crippen molar-refractivity contribution in [2.24, 2.45) is 0 Å². The zero-order valence-corrected chi connectivity index (χ0v) is 18.5. The van der Waals surface area contributed by atoms with Crippen LogP contribution >= 0.6 is 0 Å². The van der Waals surface area contributed by atoms with Gasteiger partial charge < -0.3 is 14.5 Å². The highest BCUT2D eigenvalue weighted by Gasteiger charge is 2.35. The molecule has 3 aromatic carbocycles. The van der Waals surface area contributed by atoms with Gasteiger partial charge in [0.25, 0.3) is 0 Å². The molecule has 5 nitrogen and oxygen atoms in total. The molecule has 1 amide bonds. The van der Waals surface area contributed by atoms with Gasteiger partial charge >= 0.3 is 6.09 Å². The van der Waals surface area contributed by atoms with Gasteiger partial charge in [-0.1, -0.05) is 48.0 Å². The Morgan fingerprint density at radius 2 is 1.69 bits per heavy atom. The van der Waals surface area contributed by atoms with E-state index in [4.69, 9.17) is 9.47 Å². The quantitative estimate of drug-likeness (QED) is 0.441. The van der Waals surface area contributed by atoms with Crippen molar-refractivity contribution in [2.45, 2.75) is 26.3 Å². The van der Waals surface area contributed by atoms with Crippen molar-refractivity contribution in [3.63, 3.8) is 0 Å². The van der Waals surface area contributed by atoms with Crippen LogP contribution in [0.15, 0.2) is 66.7 Å². The number of methoxy groups -OCH3 is 1. The molecule has 32 heavy (non-hydrogen) atoms. The molecule has 0 saturated heterocycles. The average molecular weight is 427 g/mol. The highest BCUT2D eigenvalue weighted by atomic mass is 16.6. The number of nitrogens with one attached hydrogen (secondary N) is 1. The van der Waals surface area contributed by atoms with Crippen molar-refractivity contribution in [1.82, 2.24) is 9.88 Å². The number of fused-ring (bicyclic) bond motifs is 3. The van der Waals surface area contributed by atoms with Gasteiger partial charge in [0.15, 0.2) is 0 Å². The highest BCUT2D eigenvalue weighted by molar-refractivity contribution is 5.88. The summed E-state index contributed by atoms with van der Waals surface area (Å²) in [6.07, 6.45) is 0.421. The van der Waals surface area contributed by atoms with Gasteiger partial charge in [-0.25, -0.2) is 4.79 Å². The SMILES string of the molecule is COc1ccc(C2c3[nH]c4c(C)cccc4c3CCN2C(=O)Oc2ccc(C)cc2)cc1. The molecule has 5 heteroatoms. The minimum atomic E-state index is -0.351. The molecule has 0 fully saturated rings. The van der Waals surface area contributed by atoms with E-state index in [0.717, 1.165) is 34.5 Å². The van der Waals surface area contributed by atoms with E-state index in [2.05, 4.69) is 30.1 Å². The number of carbonyl (C=O) groups excluding carboxylic acids is 1. The number of benzene rings is 3. The van der Waals surface area contributed by atoms with E-state index in [9.17, 15) is 4.79 Å². The zero-order valence-electron chi connectivity index (χ0n) is 18.5. The molecule has 0 bridgehead atoms. The Hall–Kier alpha value is -3.73. The van der Waals surface area contributed by atoms with Gasteiger partial charge in [-0.2, -0.15) is 0 Å². The summed E-state index contributed by atoms with van der Waals surface area (Å²) < 4.78 is 11.1. The fraction of sp³-hybridized carbons (Fsp3) is 0.222. The zero-order chi connectivity index (χ0) is 22.2. The lowest BCUT2D eigenvalue weighted by molar-refractivity contribution is 0.135. The van der Waals surface area contributed by atoms with Crippen LogP contribution in [0.25, 0.3) is 10.9 Å². The summed E-state index contributed by atoms with van der Waals surface area (Å²) >= 11 is 0. The van der Waals surface area contributed by atoms with Crippen molar-refractivity contribution in [3.8, 4) is 11.5 Å². The van der Waals surface area contributed by atoms with Crippen molar-refractivity contribution in [2.75, 3.05) is 13.7 Å². The summed E-state index contributed by atoms with van der Waals surface area (Å²) in [6.45, 7) is 4.70. The smallest absolute Gasteiger partial charge is 0.416 e. The number of ether oxygens (including phenoxy) is 2. The summed E-state index contributed by atoms with van der Waals surface area (Å²) in [5.74, 6) is 1.33. The van der Waals surface area contributed by atoms with E-state index in [1.807, 2.05) is 60.4 Å². The van der Waals surface area contributed by atoms with Gasteiger partial charge in [0.2, 0.25) is 0 Å². The largest absolute Gasteiger partial charge is 0.497 e. The second-order valence-corrected chi connectivity index (χ2v) is 8.31. The molecule has 1 N–H and O–H groups in total. The van der Waals surface area contributed by atoms with E-state index in [1.165, 1.54) is 16.5 Å². The number of rotatable bonds is 3. The van der Waals surface area contributed by atoms with Crippen LogP contribution in [0, 0.1) is 13.8 Å². The van der Waals surface area contributed by atoms with Crippen LogP contribution in [-0.4, -0.2) is 29.6 Å². The lowest BCUT2D eigenvalue weighted by Gasteiger charge is -2.35. The minimum Gasteiger partial charge on any atom is -0.497 e. The Kier molecular flexibility index (Phi) is 5.10. The number of aryl methyl sites for hydroxylation is 2. The van der Waals surface area contributed by atoms with E-state index in [1.54, 1.807) is 7.11 Å². The number of aromatic nitrogens is 1. The van der Waals surface area contributed by atoms with Crippen molar-refractivity contribution >= 4 is 17.0 Å². The maximum absolute atomic E-state index is 13.3. The second-order valence-electron chi connectivity index (χ2n) is 8.31. The van der Waals surface area contributed by atoms with Crippen LogP contribution in [0.5, 0.6) is 11.5 Å². The first kappa shape index (κ1) is 20.2. The summed E-state index contributed by atoms with van der Waals surface area (Å²) in [5.41, 5.74) is 6.77. The molecular weight excluding hydrogens is 400 g/mol. The van der Waals surface area contributed by atoms with Crippen LogP contribution in [0.1, 0.15) is 34.0 Å². The number of hydrogen-bond donors (Lipinski definition) is 1. The molecule has 162 valence electrons. The summed E-state index contributed by atoms with van der Waals surface area (Å²) in [5, 5.41) is 1.23. The number of nitrogens with zero attached hydrogens (tertiary/aromatic N) is 1. The molecule has 1 aliphatic rings. The predicted molar refractivity (Wildman–Crippen MR) is 125 cm³/mol. The number of amides is 1. The van der Waals surface area contributed by atoms with Crippen molar-refractivity contribution in [3.05, 3.63) is 94.7 Å². The van der Waals surface area contributed by atoms with Gasteiger partial charge in [0.1, 0.15) is 17.5 Å². The number of carbonyl (C=O) groups is 1. The molecular formula is C27H26N2O3. The van der Waals surface area contributed by atoms with Crippen LogP contribution in [-0.2, 0) is 6.42 Å². The fourth-order valence-electron chi connectivity index (χ4n) is 4.56.